The van der Waals surface area contributed by atoms with Gasteiger partial charge >= 0.3 is 0 Å². The molecule has 0 radical (unpaired) electrons. The van der Waals surface area contributed by atoms with Crippen molar-refractivity contribution in [2.75, 3.05) is 4.90 Å². The monoisotopic (exact) mass is 845 g/mol. The molecule has 256 valence electrons. The maximum absolute atomic E-state index is 10.9. The molecule has 2 heterocycles. The number of pyridine rings is 2. The molecule has 7 rings (SSSR count). The van der Waals surface area contributed by atoms with Crippen molar-refractivity contribution in [1.29, 1.82) is 0 Å². The summed E-state index contributed by atoms with van der Waals surface area (Å²) in [5.41, 5.74) is 11.7. The van der Waals surface area contributed by atoms with E-state index in [1.165, 1.54) is 16.7 Å². The number of benzene rings is 5. The summed E-state index contributed by atoms with van der Waals surface area (Å²) >= 11 is 0. The van der Waals surface area contributed by atoms with E-state index in [2.05, 4.69) is 118 Å². The van der Waals surface area contributed by atoms with E-state index < -0.39 is 0 Å². The van der Waals surface area contributed by atoms with Crippen LogP contribution in [0, 0.1) is 13.0 Å². The van der Waals surface area contributed by atoms with Crippen molar-refractivity contribution in [2.24, 2.45) is 0 Å². The zero-order valence-electron chi connectivity index (χ0n) is 29.2. The number of para-hydroxylation sites is 1. The molecule has 0 saturated carbocycles. The Bertz CT molecular complexity index is 2230. The van der Waals surface area contributed by atoms with E-state index in [4.69, 9.17) is 9.97 Å². The molecule has 5 aromatic carbocycles. The van der Waals surface area contributed by atoms with Gasteiger partial charge < -0.3 is 10.0 Å². The van der Waals surface area contributed by atoms with Gasteiger partial charge in [-0.2, -0.15) is 0 Å². The summed E-state index contributed by atoms with van der Waals surface area (Å²) in [5, 5.41) is 10.9. The van der Waals surface area contributed by atoms with Crippen LogP contribution in [0.25, 0.3) is 33.6 Å². The molecule has 0 fully saturated rings. The summed E-state index contributed by atoms with van der Waals surface area (Å²) in [6.07, 6.45) is 2.69. The normalized spacial score (nSPS) is 11.1. The number of phenolic OH excluding ortho intramolecular Hbond substituents is 1. The summed E-state index contributed by atoms with van der Waals surface area (Å²) in [5.74, 6) is 0.990. The summed E-state index contributed by atoms with van der Waals surface area (Å²) in [7, 11) is 0. The van der Waals surface area contributed by atoms with E-state index in [0.717, 1.165) is 51.6 Å². The van der Waals surface area contributed by atoms with Gasteiger partial charge in [0.1, 0.15) is 11.6 Å². The number of rotatable bonds is 8. The van der Waals surface area contributed by atoms with Crippen LogP contribution in [0.1, 0.15) is 43.0 Å². The topological polar surface area (TPSA) is 49.2 Å². The number of aromatic nitrogens is 2. The average molecular weight is 846 g/mol. The van der Waals surface area contributed by atoms with Crippen molar-refractivity contribution < 1.29 is 26.2 Å². The van der Waals surface area contributed by atoms with Gasteiger partial charge in [-0.15, -0.1) is 29.3 Å². The Morgan fingerprint density at radius 3 is 1.98 bits per heavy atom. The minimum Gasteiger partial charge on any atom is -0.507 e. The van der Waals surface area contributed by atoms with E-state index >= 15 is 0 Å². The summed E-state index contributed by atoms with van der Waals surface area (Å²) in [6, 6.07) is 53.4. The van der Waals surface area contributed by atoms with Crippen molar-refractivity contribution in [2.45, 2.75) is 39.5 Å². The SMILES string of the molecule is Cc1ccc(Cc2ccc(N(c3[c-]c(-c4cc(-c5ccccc5)cc(-c5ccccc5O)n4)cc(C(C)(C)C)c3)c3ccccn3)cc2)cc1.[Pt]. The zero-order chi connectivity index (χ0) is 34.7. The molecule has 51 heavy (non-hydrogen) atoms. The first-order chi connectivity index (χ1) is 24.2. The maximum atomic E-state index is 10.9. The average Bonchev–Trinajstić information content (AvgIpc) is 3.14. The van der Waals surface area contributed by atoms with E-state index in [1.807, 2.05) is 66.9 Å². The molecule has 2 aromatic heterocycles. The predicted octanol–water partition coefficient (Wildman–Crippen LogP) is 11.6. The van der Waals surface area contributed by atoms with Gasteiger partial charge in [0.2, 0.25) is 0 Å². The molecule has 4 nitrogen and oxygen atoms in total. The third-order valence-electron chi connectivity index (χ3n) is 8.95. The van der Waals surface area contributed by atoms with E-state index in [-0.39, 0.29) is 32.2 Å². The number of hydrogen-bond acceptors (Lipinski definition) is 4. The molecule has 0 spiro atoms. The van der Waals surface area contributed by atoms with Crippen LogP contribution in [0.5, 0.6) is 5.75 Å². The van der Waals surface area contributed by atoms with Gasteiger partial charge in [-0.1, -0.05) is 117 Å². The Kier molecular flexibility index (Phi) is 10.6. The number of aromatic hydroxyl groups is 1. The molecule has 0 atom stereocenters. The first-order valence-corrected chi connectivity index (χ1v) is 17.0. The van der Waals surface area contributed by atoms with Gasteiger partial charge in [-0.25, -0.2) is 4.98 Å². The quantitative estimate of drug-likeness (QED) is 0.155. The van der Waals surface area contributed by atoms with Crippen molar-refractivity contribution >= 4 is 17.2 Å². The van der Waals surface area contributed by atoms with Gasteiger partial charge in [0.05, 0.1) is 5.69 Å². The molecule has 0 amide bonds. The van der Waals surface area contributed by atoms with Crippen LogP contribution in [-0.2, 0) is 32.9 Å². The molecule has 0 saturated heterocycles. The zero-order valence-corrected chi connectivity index (χ0v) is 31.5. The van der Waals surface area contributed by atoms with Crippen molar-refractivity contribution in [1.82, 2.24) is 9.97 Å². The third kappa shape index (κ3) is 8.19. The Hall–Kier alpha value is -5.31. The molecule has 0 unspecified atom stereocenters. The number of anilines is 3. The summed E-state index contributed by atoms with van der Waals surface area (Å²) < 4.78 is 0. The first-order valence-electron chi connectivity index (χ1n) is 17.0. The summed E-state index contributed by atoms with van der Waals surface area (Å²) in [4.78, 5) is 12.1. The van der Waals surface area contributed by atoms with E-state index in [0.29, 0.717) is 11.3 Å². The third-order valence-corrected chi connectivity index (χ3v) is 8.95. The van der Waals surface area contributed by atoms with E-state index in [9.17, 15) is 5.11 Å². The number of nitrogens with zero attached hydrogens (tertiary/aromatic N) is 3. The molecular weight excluding hydrogens is 806 g/mol. The molecule has 0 aliphatic carbocycles. The van der Waals surface area contributed by atoms with Crippen molar-refractivity contribution in [3.8, 4) is 39.4 Å². The van der Waals surface area contributed by atoms with Gasteiger partial charge in [0.25, 0.3) is 0 Å². The van der Waals surface area contributed by atoms with Crippen LogP contribution >= 0.6 is 0 Å². The summed E-state index contributed by atoms with van der Waals surface area (Å²) in [6.45, 7) is 8.79. The maximum Gasteiger partial charge on any atom is 0.136 e. The minimum atomic E-state index is -0.163. The Morgan fingerprint density at radius 2 is 1.31 bits per heavy atom. The predicted molar refractivity (Wildman–Crippen MR) is 206 cm³/mol. The molecule has 1 N–H and O–H groups in total. The fraction of sp³-hybridized carbons (Fsp3) is 0.130. The van der Waals surface area contributed by atoms with Crippen LogP contribution in [0.2, 0.25) is 0 Å². The molecule has 0 aliphatic rings. The second kappa shape index (κ2) is 15.3. The molecular formula is C46H40N3OPt-. The van der Waals surface area contributed by atoms with Gasteiger partial charge in [-0.3, -0.25) is 4.98 Å². The second-order valence-electron chi connectivity index (χ2n) is 13.8. The van der Waals surface area contributed by atoms with Crippen LogP contribution in [0.4, 0.5) is 17.2 Å². The van der Waals surface area contributed by atoms with Gasteiger partial charge in [0, 0.05) is 38.5 Å². The molecule has 0 aliphatic heterocycles. The fourth-order valence-electron chi connectivity index (χ4n) is 6.13. The van der Waals surface area contributed by atoms with Crippen LogP contribution in [0.3, 0.4) is 0 Å². The van der Waals surface area contributed by atoms with E-state index in [1.54, 1.807) is 6.07 Å². The van der Waals surface area contributed by atoms with Crippen LogP contribution < -0.4 is 4.90 Å². The van der Waals surface area contributed by atoms with Gasteiger partial charge in [-0.05, 0) is 94.9 Å². The van der Waals surface area contributed by atoms with Crippen LogP contribution in [-0.4, -0.2) is 15.1 Å². The number of hydrogen-bond donors (Lipinski definition) is 1. The van der Waals surface area contributed by atoms with Crippen molar-refractivity contribution in [3.05, 3.63) is 180 Å². The number of phenols is 1. The van der Waals surface area contributed by atoms with Crippen LogP contribution in [0.15, 0.2) is 152 Å². The second-order valence-corrected chi connectivity index (χ2v) is 13.8. The molecule has 7 aromatic rings. The first kappa shape index (κ1) is 35.5. The molecule has 5 heteroatoms. The van der Waals surface area contributed by atoms with Crippen molar-refractivity contribution in [3.63, 3.8) is 0 Å². The standard InChI is InChI=1S/C46H40N3O.Pt/c1-32-17-19-33(20-18-32)26-34-21-23-39(24-22-34)49(45-16-10-11-25-47-45)40-28-37(27-38(31-40)46(2,3)4)42-29-36(35-12-6-5-7-13-35)30-43(48-42)41-14-8-9-15-44(41)50;/h5-25,27,29-31,50H,26H2,1-4H3;/q-1;. The molecule has 0 bridgehead atoms. The Morgan fingerprint density at radius 1 is 0.667 bits per heavy atom. The number of aryl methyl sites for hydroxylation is 1. The smallest absolute Gasteiger partial charge is 0.136 e. The Balaban J connectivity index is 0.00000448. The Labute approximate surface area is 315 Å². The fourth-order valence-corrected chi connectivity index (χ4v) is 6.13. The van der Waals surface area contributed by atoms with Gasteiger partial charge in [0.15, 0.2) is 0 Å². The minimum absolute atomic E-state index is 0. The largest absolute Gasteiger partial charge is 0.507 e.